The average molecular weight is 383 g/mol. The van der Waals surface area contributed by atoms with E-state index in [-0.39, 0.29) is 6.04 Å². The van der Waals surface area contributed by atoms with Crippen molar-refractivity contribution in [1.82, 2.24) is 10.3 Å². The Bertz CT molecular complexity index is 446. The lowest BCUT2D eigenvalue weighted by molar-refractivity contribution is 0.0507. The van der Waals surface area contributed by atoms with E-state index < -0.39 is 11.7 Å². The third-order valence-electron chi connectivity index (χ3n) is 2.05. The number of nitrogens with one attached hydrogen (secondary N) is 1. The van der Waals surface area contributed by atoms with E-state index in [2.05, 4.69) is 32.9 Å². The van der Waals surface area contributed by atoms with Crippen LogP contribution in [0, 0.1) is 3.57 Å². The molecular formula is C12H16ClIN2O2. The first-order chi connectivity index (χ1) is 8.19. The second kappa shape index (κ2) is 6.06. The minimum Gasteiger partial charge on any atom is -0.444 e. The fourth-order valence-corrected chi connectivity index (χ4v) is 2.54. The molecule has 1 aromatic heterocycles. The van der Waals surface area contributed by atoms with E-state index in [0.29, 0.717) is 5.15 Å². The molecule has 0 aliphatic rings. The van der Waals surface area contributed by atoms with Gasteiger partial charge in [0.2, 0.25) is 0 Å². The van der Waals surface area contributed by atoms with E-state index in [1.165, 1.54) is 0 Å². The lowest BCUT2D eigenvalue weighted by atomic mass is 10.1. The van der Waals surface area contributed by atoms with Crippen molar-refractivity contribution in [3.8, 4) is 0 Å². The molecule has 1 aromatic rings. The first-order valence-corrected chi connectivity index (χ1v) is 6.95. The molecule has 0 saturated carbocycles. The molecule has 0 aromatic carbocycles. The number of hydrogen-bond acceptors (Lipinski definition) is 3. The largest absolute Gasteiger partial charge is 0.444 e. The van der Waals surface area contributed by atoms with Gasteiger partial charge in [-0.05, 0) is 56.4 Å². The van der Waals surface area contributed by atoms with Crippen molar-refractivity contribution >= 4 is 40.3 Å². The fraction of sp³-hybridized carbons (Fsp3) is 0.500. The molecule has 0 spiro atoms. The molecule has 6 heteroatoms. The molecule has 0 aliphatic heterocycles. The van der Waals surface area contributed by atoms with Crippen molar-refractivity contribution in [2.45, 2.75) is 39.3 Å². The van der Waals surface area contributed by atoms with Crippen molar-refractivity contribution < 1.29 is 9.53 Å². The smallest absolute Gasteiger partial charge is 0.408 e. The van der Waals surface area contributed by atoms with Crippen LogP contribution in [0.25, 0.3) is 0 Å². The van der Waals surface area contributed by atoms with Gasteiger partial charge in [-0.1, -0.05) is 11.6 Å². The zero-order valence-corrected chi connectivity index (χ0v) is 13.7. The van der Waals surface area contributed by atoms with Gasteiger partial charge in [-0.3, -0.25) is 0 Å². The summed E-state index contributed by atoms with van der Waals surface area (Å²) in [6, 6.07) is 1.57. The summed E-state index contributed by atoms with van der Waals surface area (Å²) >= 11 is 7.95. The highest BCUT2D eigenvalue weighted by atomic mass is 127. The number of alkyl carbamates (subject to hydrolysis) is 1. The first kappa shape index (κ1) is 15.5. The summed E-state index contributed by atoms with van der Waals surface area (Å²) in [5, 5.41) is 3.20. The van der Waals surface area contributed by atoms with Crippen LogP contribution in [-0.2, 0) is 4.74 Å². The topological polar surface area (TPSA) is 51.2 Å². The van der Waals surface area contributed by atoms with Crippen LogP contribution in [0.1, 0.15) is 39.3 Å². The molecule has 0 unspecified atom stereocenters. The average Bonchev–Trinajstić information content (AvgIpc) is 2.13. The summed E-state index contributed by atoms with van der Waals surface area (Å²) in [7, 11) is 0. The number of amides is 1. The van der Waals surface area contributed by atoms with Gasteiger partial charge in [0.25, 0.3) is 0 Å². The van der Waals surface area contributed by atoms with Crippen LogP contribution in [0.4, 0.5) is 4.79 Å². The van der Waals surface area contributed by atoms with Crippen molar-refractivity contribution in [2.24, 2.45) is 0 Å². The van der Waals surface area contributed by atoms with E-state index in [1.54, 1.807) is 12.3 Å². The SMILES string of the molecule is C[C@@H](NC(=O)OC(C)(C)C)c1cnc(Cl)cc1I. The summed E-state index contributed by atoms with van der Waals surface area (Å²) in [5.74, 6) is 0. The van der Waals surface area contributed by atoms with Gasteiger partial charge in [-0.25, -0.2) is 9.78 Å². The van der Waals surface area contributed by atoms with Crippen molar-refractivity contribution in [3.63, 3.8) is 0 Å². The van der Waals surface area contributed by atoms with Gasteiger partial charge >= 0.3 is 6.09 Å². The monoisotopic (exact) mass is 382 g/mol. The number of hydrogen-bond donors (Lipinski definition) is 1. The molecule has 0 aliphatic carbocycles. The number of carbonyl (C=O) groups excluding carboxylic acids is 1. The van der Waals surface area contributed by atoms with Crippen LogP contribution < -0.4 is 5.32 Å². The summed E-state index contributed by atoms with van der Waals surface area (Å²) in [5.41, 5.74) is 0.403. The van der Waals surface area contributed by atoms with Crippen LogP contribution in [0.3, 0.4) is 0 Å². The van der Waals surface area contributed by atoms with Crippen LogP contribution in [0.15, 0.2) is 12.3 Å². The molecule has 0 radical (unpaired) electrons. The second-order valence-corrected chi connectivity index (χ2v) is 6.45. The number of carbonyl (C=O) groups is 1. The maximum Gasteiger partial charge on any atom is 0.408 e. The maximum absolute atomic E-state index is 11.6. The minimum atomic E-state index is -0.505. The predicted octanol–water partition coefficient (Wildman–Crippen LogP) is 3.93. The minimum absolute atomic E-state index is 0.184. The van der Waals surface area contributed by atoms with Crippen molar-refractivity contribution in [2.75, 3.05) is 0 Å². The summed E-state index contributed by atoms with van der Waals surface area (Å²) < 4.78 is 6.15. The predicted molar refractivity (Wildman–Crippen MR) is 79.7 cm³/mol. The summed E-state index contributed by atoms with van der Waals surface area (Å²) in [6.07, 6.45) is 1.22. The second-order valence-electron chi connectivity index (χ2n) is 4.90. The van der Waals surface area contributed by atoms with E-state index in [1.807, 2.05) is 27.7 Å². The molecule has 1 amide bonds. The lowest BCUT2D eigenvalue weighted by Gasteiger charge is -2.22. The quantitative estimate of drug-likeness (QED) is 0.623. The van der Waals surface area contributed by atoms with Crippen molar-refractivity contribution in [1.29, 1.82) is 0 Å². The highest BCUT2D eigenvalue weighted by Gasteiger charge is 2.19. The summed E-state index contributed by atoms with van der Waals surface area (Å²) in [6.45, 7) is 7.34. The van der Waals surface area contributed by atoms with E-state index in [9.17, 15) is 4.79 Å². The van der Waals surface area contributed by atoms with Crippen LogP contribution in [0.5, 0.6) is 0 Å². The molecule has 18 heavy (non-hydrogen) atoms. The maximum atomic E-state index is 11.6. The third-order valence-corrected chi connectivity index (χ3v) is 3.19. The highest BCUT2D eigenvalue weighted by Crippen LogP contribution is 2.21. The van der Waals surface area contributed by atoms with Gasteiger partial charge in [0, 0.05) is 15.3 Å². The number of pyridine rings is 1. The number of nitrogens with zero attached hydrogens (tertiary/aromatic N) is 1. The first-order valence-electron chi connectivity index (χ1n) is 5.49. The lowest BCUT2D eigenvalue weighted by Crippen LogP contribution is -2.34. The Balaban J connectivity index is 2.71. The molecule has 1 rings (SSSR count). The van der Waals surface area contributed by atoms with E-state index in [0.717, 1.165) is 9.13 Å². The molecule has 4 nitrogen and oxygen atoms in total. The standard InChI is InChI=1S/C12H16ClIN2O2/c1-7(16-11(17)18-12(2,3)4)8-6-15-10(13)5-9(8)14/h5-7H,1-4H3,(H,16,17)/t7-/m1/s1. The van der Waals surface area contributed by atoms with Gasteiger partial charge in [0.1, 0.15) is 10.8 Å². The molecule has 0 fully saturated rings. The van der Waals surface area contributed by atoms with Crippen LogP contribution in [-0.4, -0.2) is 16.7 Å². The van der Waals surface area contributed by atoms with Gasteiger partial charge in [-0.2, -0.15) is 0 Å². The zero-order chi connectivity index (χ0) is 13.9. The molecule has 1 heterocycles. The van der Waals surface area contributed by atoms with Gasteiger partial charge in [0.05, 0.1) is 6.04 Å². The van der Waals surface area contributed by atoms with Gasteiger partial charge < -0.3 is 10.1 Å². The molecule has 0 saturated heterocycles. The van der Waals surface area contributed by atoms with Gasteiger partial charge in [-0.15, -0.1) is 0 Å². The van der Waals surface area contributed by atoms with Crippen LogP contribution in [0.2, 0.25) is 5.15 Å². The fourth-order valence-electron chi connectivity index (χ4n) is 1.30. The molecule has 1 atom stereocenters. The van der Waals surface area contributed by atoms with Gasteiger partial charge in [0.15, 0.2) is 0 Å². The number of ether oxygens (including phenoxy) is 1. The Hall–Kier alpha value is -0.560. The van der Waals surface area contributed by atoms with E-state index >= 15 is 0 Å². The molecule has 1 N–H and O–H groups in total. The molecule has 100 valence electrons. The Labute approximate surface area is 126 Å². The Morgan fingerprint density at radius 2 is 2.17 bits per heavy atom. The highest BCUT2D eigenvalue weighted by molar-refractivity contribution is 14.1. The van der Waals surface area contributed by atoms with Crippen LogP contribution >= 0.6 is 34.2 Å². The normalized spacial score (nSPS) is 13.0. The number of rotatable bonds is 2. The Morgan fingerprint density at radius 1 is 1.56 bits per heavy atom. The summed E-state index contributed by atoms with van der Waals surface area (Å²) in [4.78, 5) is 15.6. The van der Waals surface area contributed by atoms with E-state index in [4.69, 9.17) is 16.3 Å². The third kappa shape index (κ3) is 4.97. The molecular weight excluding hydrogens is 367 g/mol. The molecule has 0 bridgehead atoms. The zero-order valence-electron chi connectivity index (χ0n) is 10.8. The number of aromatic nitrogens is 1. The van der Waals surface area contributed by atoms with Crippen molar-refractivity contribution in [3.05, 3.63) is 26.5 Å². The number of halogens is 2. The Morgan fingerprint density at radius 3 is 2.67 bits per heavy atom. The Kier molecular flexibility index (Phi) is 5.21.